The molecule has 0 spiro atoms. The van der Waals surface area contributed by atoms with Gasteiger partial charge in [-0.3, -0.25) is 0 Å². The molecule has 0 saturated heterocycles. The number of benzene rings is 1. The summed E-state index contributed by atoms with van der Waals surface area (Å²) in [6.45, 7) is 5.50. The van der Waals surface area contributed by atoms with Crippen molar-refractivity contribution in [2.45, 2.75) is 32.7 Å². The molecular weight excluding hydrogens is 208 g/mol. The smallest absolute Gasteiger partial charge is 0.0409 e. The summed E-state index contributed by atoms with van der Waals surface area (Å²) in [5.74, 6) is 0.941. The highest BCUT2D eigenvalue weighted by Gasteiger charge is 2.23. The van der Waals surface area contributed by atoms with E-state index in [0.29, 0.717) is 0 Å². The number of rotatable bonds is 7. The lowest BCUT2D eigenvalue weighted by atomic mass is 10.1. The Kier molecular flexibility index (Phi) is 4.43. The number of hydrogen-bond acceptors (Lipinski definition) is 2. The average Bonchev–Trinajstić information content (AvgIpc) is 3.14. The Morgan fingerprint density at radius 2 is 2.06 bits per heavy atom. The summed E-state index contributed by atoms with van der Waals surface area (Å²) in [6.07, 6.45) is 4.03. The van der Waals surface area contributed by atoms with E-state index in [2.05, 4.69) is 48.5 Å². The molecule has 0 bridgehead atoms. The standard InChI is InChI=1S/C15H24N2/c1-3-10-16-11-14-6-4-5-7-15(14)17(2)12-13-8-9-13/h4-7,13,16H,3,8-12H2,1-2H3. The third kappa shape index (κ3) is 3.74. The molecule has 94 valence electrons. The van der Waals surface area contributed by atoms with Crippen LogP contribution in [0, 0.1) is 5.92 Å². The van der Waals surface area contributed by atoms with Gasteiger partial charge in [0, 0.05) is 25.8 Å². The van der Waals surface area contributed by atoms with E-state index in [1.807, 2.05) is 0 Å². The summed E-state index contributed by atoms with van der Waals surface area (Å²) in [5, 5.41) is 3.49. The molecule has 2 heteroatoms. The first kappa shape index (κ1) is 12.4. The van der Waals surface area contributed by atoms with Crippen LogP contribution in [0.1, 0.15) is 31.7 Å². The molecule has 1 N–H and O–H groups in total. The van der Waals surface area contributed by atoms with Gasteiger partial charge in [0.2, 0.25) is 0 Å². The normalized spacial score (nSPS) is 14.9. The van der Waals surface area contributed by atoms with Crippen molar-refractivity contribution in [2.75, 3.05) is 25.0 Å². The number of hydrogen-bond donors (Lipinski definition) is 1. The van der Waals surface area contributed by atoms with Gasteiger partial charge in [-0.25, -0.2) is 0 Å². The number of anilines is 1. The maximum Gasteiger partial charge on any atom is 0.0409 e. The minimum absolute atomic E-state index is 0.941. The van der Waals surface area contributed by atoms with Gasteiger partial charge in [-0.1, -0.05) is 25.1 Å². The molecule has 0 heterocycles. The van der Waals surface area contributed by atoms with E-state index in [0.717, 1.165) is 19.0 Å². The lowest BCUT2D eigenvalue weighted by molar-refractivity contribution is 0.672. The molecule has 2 rings (SSSR count). The summed E-state index contributed by atoms with van der Waals surface area (Å²) in [7, 11) is 2.22. The molecule has 0 aliphatic heterocycles. The van der Waals surface area contributed by atoms with Gasteiger partial charge in [0.1, 0.15) is 0 Å². The summed E-state index contributed by atoms with van der Waals surface area (Å²) >= 11 is 0. The topological polar surface area (TPSA) is 15.3 Å². The van der Waals surface area contributed by atoms with Crippen LogP contribution >= 0.6 is 0 Å². The molecule has 1 aliphatic carbocycles. The van der Waals surface area contributed by atoms with E-state index in [4.69, 9.17) is 0 Å². The highest BCUT2D eigenvalue weighted by molar-refractivity contribution is 5.53. The van der Waals surface area contributed by atoms with Crippen LogP contribution in [0.15, 0.2) is 24.3 Å². The van der Waals surface area contributed by atoms with Crippen molar-refractivity contribution in [2.24, 2.45) is 5.92 Å². The van der Waals surface area contributed by atoms with Gasteiger partial charge >= 0.3 is 0 Å². The lowest BCUT2D eigenvalue weighted by Crippen LogP contribution is -2.23. The van der Waals surface area contributed by atoms with Crippen LogP contribution in [0.4, 0.5) is 5.69 Å². The summed E-state index contributed by atoms with van der Waals surface area (Å²) in [6, 6.07) is 8.76. The SMILES string of the molecule is CCCNCc1ccccc1N(C)CC1CC1. The maximum absolute atomic E-state index is 3.49. The molecule has 1 saturated carbocycles. The second kappa shape index (κ2) is 6.06. The molecule has 2 nitrogen and oxygen atoms in total. The van der Waals surface area contributed by atoms with E-state index in [-0.39, 0.29) is 0 Å². The highest BCUT2D eigenvalue weighted by atomic mass is 15.1. The Morgan fingerprint density at radius 1 is 1.29 bits per heavy atom. The van der Waals surface area contributed by atoms with E-state index in [9.17, 15) is 0 Å². The zero-order chi connectivity index (χ0) is 12.1. The van der Waals surface area contributed by atoms with Crippen LogP contribution in [0.5, 0.6) is 0 Å². The fourth-order valence-corrected chi connectivity index (χ4v) is 2.22. The molecule has 0 radical (unpaired) electrons. The van der Waals surface area contributed by atoms with Crippen LogP contribution in [0.3, 0.4) is 0 Å². The van der Waals surface area contributed by atoms with E-state index < -0.39 is 0 Å². The summed E-state index contributed by atoms with van der Waals surface area (Å²) in [4.78, 5) is 2.42. The van der Waals surface area contributed by atoms with Crippen molar-refractivity contribution in [3.8, 4) is 0 Å². The third-order valence-corrected chi connectivity index (χ3v) is 3.37. The van der Waals surface area contributed by atoms with Crippen molar-refractivity contribution in [3.05, 3.63) is 29.8 Å². The molecule has 1 aromatic carbocycles. The van der Waals surface area contributed by atoms with Crippen LogP contribution in [0.2, 0.25) is 0 Å². The Labute approximate surface area is 105 Å². The molecule has 17 heavy (non-hydrogen) atoms. The predicted octanol–water partition coefficient (Wildman–Crippen LogP) is 3.03. The average molecular weight is 232 g/mol. The highest BCUT2D eigenvalue weighted by Crippen LogP contribution is 2.31. The minimum atomic E-state index is 0.941. The Hall–Kier alpha value is -1.02. The van der Waals surface area contributed by atoms with Crippen molar-refractivity contribution in [1.29, 1.82) is 0 Å². The van der Waals surface area contributed by atoms with E-state index in [1.165, 1.54) is 37.1 Å². The number of nitrogens with zero attached hydrogens (tertiary/aromatic N) is 1. The minimum Gasteiger partial charge on any atom is -0.374 e. The molecule has 0 aromatic heterocycles. The van der Waals surface area contributed by atoms with Crippen molar-refractivity contribution in [1.82, 2.24) is 5.32 Å². The van der Waals surface area contributed by atoms with Gasteiger partial charge in [0.05, 0.1) is 0 Å². The quantitative estimate of drug-likeness (QED) is 0.727. The van der Waals surface area contributed by atoms with E-state index >= 15 is 0 Å². The lowest BCUT2D eigenvalue weighted by Gasteiger charge is -2.22. The van der Waals surface area contributed by atoms with Crippen molar-refractivity contribution in [3.63, 3.8) is 0 Å². The summed E-state index contributed by atoms with van der Waals surface area (Å²) < 4.78 is 0. The van der Waals surface area contributed by atoms with Crippen molar-refractivity contribution >= 4 is 5.69 Å². The zero-order valence-corrected chi connectivity index (χ0v) is 11.1. The first-order valence-electron chi connectivity index (χ1n) is 6.81. The molecule has 0 atom stereocenters. The molecule has 1 aliphatic rings. The van der Waals surface area contributed by atoms with Gasteiger partial charge in [-0.2, -0.15) is 0 Å². The number of nitrogens with one attached hydrogen (secondary N) is 1. The molecule has 1 aromatic rings. The Balaban J connectivity index is 1.97. The van der Waals surface area contributed by atoms with Gasteiger partial charge in [0.15, 0.2) is 0 Å². The fraction of sp³-hybridized carbons (Fsp3) is 0.600. The van der Waals surface area contributed by atoms with Crippen LogP contribution < -0.4 is 10.2 Å². The van der Waals surface area contributed by atoms with Gasteiger partial charge in [-0.05, 0) is 43.4 Å². The Morgan fingerprint density at radius 3 is 2.76 bits per heavy atom. The van der Waals surface area contributed by atoms with E-state index in [1.54, 1.807) is 0 Å². The third-order valence-electron chi connectivity index (χ3n) is 3.37. The van der Waals surface area contributed by atoms with Gasteiger partial charge < -0.3 is 10.2 Å². The largest absolute Gasteiger partial charge is 0.374 e. The molecule has 0 unspecified atom stereocenters. The first-order chi connectivity index (χ1) is 8.31. The predicted molar refractivity (Wildman–Crippen MR) is 74.4 cm³/mol. The second-order valence-electron chi connectivity index (χ2n) is 5.13. The monoisotopic (exact) mass is 232 g/mol. The van der Waals surface area contributed by atoms with Gasteiger partial charge in [0.25, 0.3) is 0 Å². The maximum atomic E-state index is 3.49. The molecular formula is C15H24N2. The first-order valence-corrected chi connectivity index (χ1v) is 6.81. The molecule has 1 fully saturated rings. The zero-order valence-electron chi connectivity index (χ0n) is 11.1. The summed E-state index contributed by atoms with van der Waals surface area (Å²) in [5.41, 5.74) is 2.81. The Bertz CT molecular complexity index is 345. The van der Waals surface area contributed by atoms with Gasteiger partial charge in [-0.15, -0.1) is 0 Å². The van der Waals surface area contributed by atoms with Crippen LogP contribution in [-0.4, -0.2) is 20.1 Å². The van der Waals surface area contributed by atoms with Crippen molar-refractivity contribution < 1.29 is 0 Å². The number of para-hydroxylation sites is 1. The fourth-order valence-electron chi connectivity index (χ4n) is 2.22. The molecule has 0 amide bonds. The second-order valence-corrected chi connectivity index (χ2v) is 5.13. The van der Waals surface area contributed by atoms with Crippen LogP contribution in [-0.2, 0) is 6.54 Å². The van der Waals surface area contributed by atoms with Crippen LogP contribution in [0.25, 0.3) is 0 Å².